The third-order valence-electron chi connectivity index (χ3n) is 1.93. The van der Waals surface area contributed by atoms with E-state index in [1.807, 2.05) is 0 Å². The minimum absolute atomic E-state index is 0.0940. The van der Waals surface area contributed by atoms with Crippen molar-refractivity contribution < 1.29 is 13.2 Å². The predicted molar refractivity (Wildman–Crippen MR) is 65.9 cm³/mol. The van der Waals surface area contributed by atoms with Gasteiger partial charge in [-0.15, -0.1) is 0 Å². The quantitative estimate of drug-likeness (QED) is 0.829. The molecule has 1 aromatic heterocycles. The second-order valence-corrected chi connectivity index (χ2v) is 6.35. The number of hydrogen-bond acceptors (Lipinski definition) is 4. The van der Waals surface area contributed by atoms with Crippen LogP contribution in [0, 0.1) is 0 Å². The highest BCUT2D eigenvalue weighted by Gasteiger charge is 2.16. The van der Waals surface area contributed by atoms with Gasteiger partial charge in [0.15, 0.2) is 0 Å². The summed E-state index contributed by atoms with van der Waals surface area (Å²) in [5.41, 5.74) is 0.231. The molecular formula is C10H13ClN2O3S. The lowest BCUT2D eigenvalue weighted by atomic mass is 10.2. The summed E-state index contributed by atoms with van der Waals surface area (Å²) in [6.45, 7) is 1.61. The van der Waals surface area contributed by atoms with Gasteiger partial charge in [0.1, 0.15) is 15.0 Å². The van der Waals surface area contributed by atoms with Gasteiger partial charge in [0, 0.05) is 18.5 Å². The van der Waals surface area contributed by atoms with Crippen LogP contribution in [-0.4, -0.2) is 37.4 Å². The molecule has 1 heterocycles. The van der Waals surface area contributed by atoms with Crippen LogP contribution in [0.25, 0.3) is 0 Å². The SMILES string of the molecule is CC(CS(C)(=O)=O)NC(=O)c1cccnc1Cl. The molecule has 1 rings (SSSR count). The van der Waals surface area contributed by atoms with Crippen molar-refractivity contribution in [2.45, 2.75) is 13.0 Å². The van der Waals surface area contributed by atoms with E-state index in [-0.39, 0.29) is 16.5 Å². The van der Waals surface area contributed by atoms with E-state index in [0.717, 1.165) is 6.26 Å². The Bertz CT molecular complexity index is 516. The van der Waals surface area contributed by atoms with Crippen LogP contribution < -0.4 is 5.32 Å². The molecule has 1 aromatic rings. The Balaban J connectivity index is 2.71. The van der Waals surface area contributed by atoms with Gasteiger partial charge in [-0.3, -0.25) is 4.79 Å². The molecule has 0 aromatic carbocycles. The van der Waals surface area contributed by atoms with Crippen molar-refractivity contribution in [3.63, 3.8) is 0 Å². The fraction of sp³-hybridized carbons (Fsp3) is 0.400. The van der Waals surface area contributed by atoms with E-state index in [1.165, 1.54) is 12.3 Å². The van der Waals surface area contributed by atoms with Gasteiger partial charge < -0.3 is 5.32 Å². The summed E-state index contributed by atoms with van der Waals surface area (Å²) < 4.78 is 22.1. The lowest BCUT2D eigenvalue weighted by Gasteiger charge is -2.12. The summed E-state index contributed by atoms with van der Waals surface area (Å²) in [6, 6.07) is 2.63. The molecule has 94 valence electrons. The van der Waals surface area contributed by atoms with Crippen LogP contribution in [0.15, 0.2) is 18.3 Å². The van der Waals surface area contributed by atoms with Crippen molar-refractivity contribution in [1.82, 2.24) is 10.3 Å². The molecule has 1 unspecified atom stereocenters. The van der Waals surface area contributed by atoms with Crippen LogP contribution in [0.3, 0.4) is 0 Å². The fourth-order valence-corrected chi connectivity index (χ4v) is 2.55. The van der Waals surface area contributed by atoms with Crippen LogP contribution in [0.5, 0.6) is 0 Å². The molecule has 17 heavy (non-hydrogen) atoms. The van der Waals surface area contributed by atoms with Crippen molar-refractivity contribution in [3.8, 4) is 0 Å². The Morgan fingerprint density at radius 3 is 2.76 bits per heavy atom. The van der Waals surface area contributed by atoms with E-state index in [0.29, 0.717) is 0 Å². The van der Waals surface area contributed by atoms with Crippen LogP contribution in [0.2, 0.25) is 5.15 Å². The molecule has 0 aliphatic heterocycles. The highest BCUT2D eigenvalue weighted by atomic mass is 35.5. The number of rotatable bonds is 4. The zero-order valence-corrected chi connectivity index (χ0v) is 11.0. The van der Waals surface area contributed by atoms with Gasteiger partial charge in [0.05, 0.1) is 11.3 Å². The number of nitrogens with one attached hydrogen (secondary N) is 1. The van der Waals surface area contributed by atoms with Crippen molar-refractivity contribution >= 4 is 27.3 Å². The number of carbonyl (C=O) groups excluding carboxylic acids is 1. The van der Waals surface area contributed by atoms with Gasteiger partial charge >= 0.3 is 0 Å². The van der Waals surface area contributed by atoms with Crippen LogP contribution >= 0.6 is 11.6 Å². The standard InChI is InChI=1S/C10H13ClN2O3S/c1-7(6-17(2,15)16)13-10(14)8-4-3-5-12-9(8)11/h3-5,7H,6H2,1-2H3,(H,13,14). The second kappa shape index (κ2) is 5.46. The molecule has 1 N–H and O–H groups in total. The zero-order valence-electron chi connectivity index (χ0n) is 9.47. The molecule has 0 saturated carbocycles. The van der Waals surface area contributed by atoms with Gasteiger partial charge in [0.2, 0.25) is 0 Å². The smallest absolute Gasteiger partial charge is 0.254 e. The largest absolute Gasteiger partial charge is 0.348 e. The Hall–Kier alpha value is -1.14. The summed E-state index contributed by atoms with van der Waals surface area (Å²) in [4.78, 5) is 15.5. The predicted octanol–water partition coefficient (Wildman–Crippen LogP) is 0.898. The average molecular weight is 277 g/mol. The number of amides is 1. The van der Waals surface area contributed by atoms with Gasteiger partial charge in [-0.25, -0.2) is 13.4 Å². The first-order valence-corrected chi connectivity index (χ1v) is 7.32. The molecule has 0 aliphatic rings. The summed E-state index contributed by atoms with van der Waals surface area (Å²) in [7, 11) is -3.12. The number of nitrogens with zero attached hydrogens (tertiary/aromatic N) is 1. The van der Waals surface area contributed by atoms with Gasteiger partial charge in [-0.05, 0) is 19.1 Å². The monoisotopic (exact) mass is 276 g/mol. The van der Waals surface area contributed by atoms with Crippen LogP contribution in [0.4, 0.5) is 0 Å². The van der Waals surface area contributed by atoms with E-state index in [4.69, 9.17) is 11.6 Å². The van der Waals surface area contributed by atoms with Crippen molar-refractivity contribution in [2.24, 2.45) is 0 Å². The molecule has 7 heteroatoms. The van der Waals surface area contributed by atoms with Crippen molar-refractivity contribution in [2.75, 3.05) is 12.0 Å². The van der Waals surface area contributed by atoms with Crippen LogP contribution in [-0.2, 0) is 9.84 Å². The fourth-order valence-electron chi connectivity index (χ4n) is 1.35. The number of hydrogen-bond donors (Lipinski definition) is 1. The molecule has 0 radical (unpaired) electrons. The Morgan fingerprint density at radius 1 is 1.59 bits per heavy atom. The molecule has 0 fully saturated rings. The topological polar surface area (TPSA) is 76.1 Å². The van der Waals surface area contributed by atoms with Crippen LogP contribution in [0.1, 0.15) is 17.3 Å². The average Bonchev–Trinajstić information content (AvgIpc) is 2.14. The number of aromatic nitrogens is 1. The molecule has 0 spiro atoms. The summed E-state index contributed by atoms with van der Waals surface area (Å²) >= 11 is 5.75. The Labute approximate surface area is 105 Å². The molecule has 1 amide bonds. The summed E-state index contributed by atoms with van der Waals surface area (Å²) in [6.07, 6.45) is 2.59. The maximum absolute atomic E-state index is 11.7. The van der Waals surface area contributed by atoms with Gasteiger partial charge in [-0.1, -0.05) is 11.6 Å². The molecule has 1 atom stereocenters. The minimum atomic E-state index is -3.12. The third kappa shape index (κ3) is 4.70. The molecule has 0 aliphatic carbocycles. The highest BCUT2D eigenvalue weighted by molar-refractivity contribution is 7.90. The number of sulfone groups is 1. The van der Waals surface area contributed by atoms with Gasteiger partial charge in [-0.2, -0.15) is 0 Å². The first-order valence-electron chi connectivity index (χ1n) is 4.88. The Morgan fingerprint density at radius 2 is 2.24 bits per heavy atom. The van der Waals surface area contributed by atoms with E-state index in [9.17, 15) is 13.2 Å². The maximum Gasteiger partial charge on any atom is 0.254 e. The molecular weight excluding hydrogens is 264 g/mol. The normalized spacial score (nSPS) is 13.1. The molecule has 5 nitrogen and oxygen atoms in total. The lowest BCUT2D eigenvalue weighted by Crippen LogP contribution is -2.37. The second-order valence-electron chi connectivity index (χ2n) is 3.81. The maximum atomic E-state index is 11.7. The molecule has 0 bridgehead atoms. The van der Waals surface area contributed by atoms with Gasteiger partial charge in [0.25, 0.3) is 5.91 Å². The minimum Gasteiger partial charge on any atom is -0.348 e. The van der Waals surface area contributed by atoms with Crippen molar-refractivity contribution in [1.29, 1.82) is 0 Å². The highest BCUT2D eigenvalue weighted by Crippen LogP contribution is 2.11. The van der Waals surface area contributed by atoms with E-state index < -0.39 is 21.8 Å². The summed E-state index contributed by atoms with van der Waals surface area (Å²) in [5.74, 6) is -0.546. The lowest BCUT2D eigenvalue weighted by molar-refractivity contribution is 0.0943. The van der Waals surface area contributed by atoms with E-state index in [2.05, 4.69) is 10.3 Å². The van der Waals surface area contributed by atoms with E-state index >= 15 is 0 Å². The zero-order chi connectivity index (χ0) is 13.1. The number of carbonyl (C=O) groups is 1. The molecule has 0 saturated heterocycles. The first-order chi connectivity index (χ1) is 7.79. The number of pyridine rings is 1. The summed E-state index contributed by atoms with van der Waals surface area (Å²) in [5, 5.41) is 2.65. The Kier molecular flexibility index (Phi) is 4.47. The van der Waals surface area contributed by atoms with Crippen molar-refractivity contribution in [3.05, 3.63) is 29.0 Å². The number of halogens is 1. The van der Waals surface area contributed by atoms with E-state index in [1.54, 1.807) is 13.0 Å². The first kappa shape index (κ1) is 13.9. The third-order valence-corrected chi connectivity index (χ3v) is 3.34.